The molecular formula is C15H19N3O2. The van der Waals surface area contributed by atoms with Gasteiger partial charge in [0.25, 0.3) is 0 Å². The number of carbonyl (C=O) groups excluding carboxylic acids is 1. The maximum atomic E-state index is 11.2. The summed E-state index contributed by atoms with van der Waals surface area (Å²) in [4.78, 5) is 17.8. The van der Waals surface area contributed by atoms with Crippen molar-refractivity contribution in [1.29, 1.82) is 0 Å². The number of aromatic nitrogens is 1. The lowest BCUT2D eigenvalue weighted by atomic mass is 9.66. The highest BCUT2D eigenvalue weighted by molar-refractivity contribution is 5.92. The van der Waals surface area contributed by atoms with Crippen LogP contribution < -0.4 is 10.5 Å². The summed E-state index contributed by atoms with van der Waals surface area (Å²) in [6.07, 6.45) is 5.99. The second-order valence-electron chi connectivity index (χ2n) is 6.43. The van der Waals surface area contributed by atoms with Gasteiger partial charge in [0.1, 0.15) is 11.9 Å². The summed E-state index contributed by atoms with van der Waals surface area (Å²) < 4.78 is 6.19. The molecule has 1 amide bonds. The molecule has 5 heteroatoms. The van der Waals surface area contributed by atoms with Crippen LogP contribution in [0.4, 0.5) is 0 Å². The highest BCUT2D eigenvalue weighted by Crippen LogP contribution is 2.44. The third-order valence-electron chi connectivity index (χ3n) is 4.97. The van der Waals surface area contributed by atoms with E-state index in [-0.39, 0.29) is 6.10 Å². The van der Waals surface area contributed by atoms with Crippen LogP contribution in [0, 0.1) is 17.8 Å². The number of carbonyl (C=O) groups is 1. The Balaban J connectivity index is 1.54. The highest BCUT2D eigenvalue weighted by Gasteiger charge is 2.48. The van der Waals surface area contributed by atoms with Gasteiger partial charge in [-0.05, 0) is 24.8 Å². The van der Waals surface area contributed by atoms with Crippen LogP contribution in [-0.4, -0.2) is 41.5 Å². The van der Waals surface area contributed by atoms with Crippen LogP contribution in [0.1, 0.15) is 23.2 Å². The van der Waals surface area contributed by atoms with Crippen molar-refractivity contribution in [3.63, 3.8) is 0 Å². The minimum absolute atomic E-state index is 0.271. The Hall–Kier alpha value is -1.62. The number of primary amides is 1. The molecule has 5 nitrogen and oxygen atoms in total. The van der Waals surface area contributed by atoms with E-state index in [1.807, 2.05) is 0 Å². The Bertz CT molecular complexity index is 518. The van der Waals surface area contributed by atoms with Crippen molar-refractivity contribution >= 4 is 5.91 Å². The van der Waals surface area contributed by atoms with Gasteiger partial charge in [0, 0.05) is 37.7 Å². The summed E-state index contributed by atoms with van der Waals surface area (Å²) in [6, 6.07) is 1.71. The molecule has 2 atom stereocenters. The number of nitrogens with zero attached hydrogens (tertiary/aromatic N) is 2. The molecule has 2 N–H and O–H groups in total. The standard InChI is InChI=1S/C15H19N3O2/c16-15(19)10-3-13(5-17-4-10)20-14-11-1-9-2-12(14)8-18(6-9)7-11/h3-5,9,11-12,14H,1-2,6-8H2,(H2,16,19). The average Bonchev–Trinajstić information content (AvgIpc) is 2.42. The predicted molar refractivity (Wildman–Crippen MR) is 73.3 cm³/mol. The molecule has 4 heterocycles. The number of amides is 1. The zero-order valence-electron chi connectivity index (χ0n) is 11.4. The molecule has 3 saturated heterocycles. The van der Waals surface area contributed by atoms with Crippen molar-refractivity contribution in [3.05, 3.63) is 24.0 Å². The summed E-state index contributed by atoms with van der Waals surface area (Å²) in [5.41, 5.74) is 5.70. The van der Waals surface area contributed by atoms with Crippen molar-refractivity contribution < 1.29 is 9.53 Å². The van der Waals surface area contributed by atoms with Gasteiger partial charge in [-0.1, -0.05) is 0 Å². The molecule has 3 aliphatic heterocycles. The third-order valence-corrected chi connectivity index (χ3v) is 4.97. The maximum Gasteiger partial charge on any atom is 0.250 e. The Morgan fingerprint density at radius 1 is 1.25 bits per heavy atom. The summed E-state index contributed by atoms with van der Waals surface area (Å²) in [6.45, 7) is 3.58. The monoisotopic (exact) mass is 273 g/mol. The number of pyridine rings is 1. The van der Waals surface area contributed by atoms with Crippen molar-refractivity contribution in [2.75, 3.05) is 19.6 Å². The Kier molecular flexibility index (Phi) is 2.70. The van der Waals surface area contributed by atoms with Crippen molar-refractivity contribution in [2.24, 2.45) is 23.5 Å². The molecule has 4 bridgehead atoms. The first-order chi connectivity index (χ1) is 9.69. The van der Waals surface area contributed by atoms with E-state index in [9.17, 15) is 4.79 Å². The van der Waals surface area contributed by atoms with Crippen LogP contribution in [-0.2, 0) is 0 Å². The largest absolute Gasteiger partial charge is 0.488 e. The van der Waals surface area contributed by atoms with E-state index in [0.29, 0.717) is 23.1 Å². The first-order valence-corrected chi connectivity index (χ1v) is 7.33. The topological polar surface area (TPSA) is 68.5 Å². The molecule has 4 aliphatic rings. The highest BCUT2D eigenvalue weighted by atomic mass is 16.5. The van der Waals surface area contributed by atoms with Gasteiger partial charge in [-0.2, -0.15) is 0 Å². The van der Waals surface area contributed by atoms with Crippen LogP contribution >= 0.6 is 0 Å². The minimum Gasteiger partial charge on any atom is -0.488 e. The van der Waals surface area contributed by atoms with Gasteiger partial charge >= 0.3 is 0 Å². The smallest absolute Gasteiger partial charge is 0.250 e. The molecule has 5 rings (SSSR count). The molecule has 1 saturated carbocycles. The summed E-state index contributed by atoms with van der Waals surface area (Å²) in [7, 11) is 0. The van der Waals surface area contributed by atoms with E-state index in [2.05, 4.69) is 9.88 Å². The van der Waals surface area contributed by atoms with Gasteiger partial charge < -0.3 is 15.4 Å². The van der Waals surface area contributed by atoms with Gasteiger partial charge in [-0.3, -0.25) is 9.78 Å². The Labute approximate surface area is 118 Å². The van der Waals surface area contributed by atoms with Gasteiger partial charge in [-0.25, -0.2) is 0 Å². The fraction of sp³-hybridized carbons (Fsp3) is 0.600. The van der Waals surface area contributed by atoms with Crippen LogP contribution in [0.15, 0.2) is 18.5 Å². The summed E-state index contributed by atoms with van der Waals surface area (Å²) >= 11 is 0. The van der Waals surface area contributed by atoms with E-state index in [0.717, 1.165) is 19.0 Å². The maximum absolute atomic E-state index is 11.2. The lowest BCUT2D eigenvalue weighted by Crippen LogP contribution is -2.61. The number of hydrogen-bond donors (Lipinski definition) is 1. The van der Waals surface area contributed by atoms with Crippen LogP contribution in [0.25, 0.3) is 0 Å². The molecule has 20 heavy (non-hydrogen) atoms. The normalized spacial score (nSPS) is 37.9. The second kappa shape index (κ2) is 4.45. The second-order valence-corrected chi connectivity index (χ2v) is 6.43. The average molecular weight is 273 g/mol. The minimum atomic E-state index is -0.459. The summed E-state index contributed by atoms with van der Waals surface area (Å²) in [5, 5.41) is 0. The summed E-state index contributed by atoms with van der Waals surface area (Å²) in [5.74, 6) is 2.33. The van der Waals surface area contributed by atoms with Crippen LogP contribution in [0.2, 0.25) is 0 Å². The van der Waals surface area contributed by atoms with Crippen molar-refractivity contribution in [3.8, 4) is 5.75 Å². The van der Waals surface area contributed by atoms with Gasteiger partial charge in [0.05, 0.1) is 11.8 Å². The molecule has 1 aromatic heterocycles. The Morgan fingerprint density at radius 3 is 2.65 bits per heavy atom. The number of rotatable bonds is 3. The van der Waals surface area contributed by atoms with Crippen LogP contribution in [0.5, 0.6) is 5.75 Å². The van der Waals surface area contributed by atoms with E-state index < -0.39 is 5.91 Å². The molecule has 1 aromatic rings. The van der Waals surface area contributed by atoms with E-state index in [4.69, 9.17) is 10.5 Å². The molecule has 0 radical (unpaired) electrons. The first-order valence-electron chi connectivity index (χ1n) is 7.33. The molecule has 0 aromatic carbocycles. The zero-order valence-corrected chi connectivity index (χ0v) is 11.4. The van der Waals surface area contributed by atoms with Gasteiger partial charge in [-0.15, -0.1) is 0 Å². The predicted octanol–water partition coefficient (Wildman–Crippen LogP) is 0.899. The van der Waals surface area contributed by atoms with Gasteiger partial charge in [0.15, 0.2) is 0 Å². The molecule has 0 spiro atoms. The third kappa shape index (κ3) is 1.97. The van der Waals surface area contributed by atoms with Crippen molar-refractivity contribution in [1.82, 2.24) is 9.88 Å². The Morgan fingerprint density at radius 2 is 2.00 bits per heavy atom. The van der Waals surface area contributed by atoms with Gasteiger partial charge in [0.2, 0.25) is 5.91 Å². The SMILES string of the molecule is NC(=O)c1cncc(OC2C3CC4CC2CN(C4)C3)c1. The lowest BCUT2D eigenvalue weighted by Gasteiger charge is -2.55. The van der Waals surface area contributed by atoms with E-state index in [1.54, 1.807) is 12.3 Å². The number of nitrogens with two attached hydrogens (primary N) is 1. The fourth-order valence-corrected chi connectivity index (χ4v) is 4.33. The quantitative estimate of drug-likeness (QED) is 0.888. The molecule has 4 fully saturated rings. The number of piperidine rings is 3. The molecule has 1 aliphatic carbocycles. The molecule has 106 valence electrons. The fourth-order valence-electron chi connectivity index (χ4n) is 4.33. The first kappa shape index (κ1) is 12.1. The number of hydrogen-bond acceptors (Lipinski definition) is 4. The van der Waals surface area contributed by atoms with Crippen molar-refractivity contribution in [2.45, 2.75) is 18.9 Å². The zero-order chi connectivity index (χ0) is 13.7. The lowest BCUT2D eigenvalue weighted by molar-refractivity contribution is -0.0985. The molecular weight excluding hydrogens is 254 g/mol. The van der Waals surface area contributed by atoms with E-state index >= 15 is 0 Å². The van der Waals surface area contributed by atoms with E-state index in [1.165, 1.54) is 25.6 Å². The number of ether oxygens (including phenoxy) is 1. The molecule has 2 unspecified atom stereocenters. The van der Waals surface area contributed by atoms with Crippen LogP contribution in [0.3, 0.4) is 0 Å².